The standard InChI is InChI=1S/C12H24N2O2/c1-3-10(4-2)12(16)14-9-7-5-6-8-11(13)15/h10H,3-9H2,1-2H3,(H2,13,15)(H,14,16). The molecule has 16 heavy (non-hydrogen) atoms. The fourth-order valence-corrected chi connectivity index (χ4v) is 1.62. The van der Waals surface area contributed by atoms with E-state index in [1.54, 1.807) is 0 Å². The van der Waals surface area contributed by atoms with Crippen molar-refractivity contribution in [3.05, 3.63) is 0 Å². The topological polar surface area (TPSA) is 72.2 Å². The molecule has 0 radical (unpaired) electrons. The molecule has 0 aliphatic heterocycles. The lowest BCUT2D eigenvalue weighted by molar-refractivity contribution is -0.125. The Morgan fingerprint density at radius 3 is 2.25 bits per heavy atom. The minimum Gasteiger partial charge on any atom is -0.370 e. The van der Waals surface area contributed by atoms with Crippen LogP contribution in [-0.2, 0) is 9.59 Å². The van der Waals surface area contributed by atoms with Crippen LogP contribution in [0.2, 0.25) is 0 Å². The molecule has 0 spiro atoms. The summed E-state index contributed by atoms with van der Waals surface area (Å²) in [7, 11) is 0. The van der Waals surface area contributed by atoms with Crippen molar-refractivity contribution in [2.24, 2.45) is 11.7 Å². The molecule has 0 saturated heterocycles. The number of primary amides is 1. The Bertz CT molecular complexity index is 213. The van der Waals surface area contributed by atoms with Gasteiger partial charge in [0.1, 0.15) is 0 Å². The molecule has 0 unspecified atom stereocenters. The summed E-state index contributed by atoms with van der Waals surface area (Å²) in [6.07, 6.45) is 4.90. The van der Waals surface area contributed by atoms with Crippen LogP contribution in [0.4, 0.5) is 0 Å². The van der Waals surface area contributed by atoms with Crippen LogP contribution < -0.4 is 11.1 Å². The van der Waals surface area contributed by atoms with E-state index in [0.717, 1.165) is 32.1 Å². The average molecular weight is 228 g/mol. The lowest BCUT2D eigenvalue weighted by atomic mass is 10.0. The van der Waals surface area contributed by atoms with Gasteiger partial charge in [-0.05, 0) is 25.7 Å². The second-order valence-corrected chi connectivity index (χ2v) is 4.08. The smallest absolute Gasteiger partial charge is 0.223 e. The maximum atomic E-state index is 11.6. The van der Waals surface area contributed by atoms with Gasteiger partial charge in [0, 0.05) is 18.9 Å². The molecule has 4 heteroatoms. The summed E-state index contributed by atoms with van der Waals surface area (Å²) in [6, 6.07) is 0. The molecule has 0 aliphatic rings. The van der Waals surface area contributed by atoms with Crippen molar-refractivity contribution < 1.29 is 9.59 Å². The molecule has 3 N–H and O–H groups in total. The van der Waals surface area contributed by atoms with Crippen LogP contribution in [0.3, 0.4) is 0 Å². The highest BCUT2D eigenvalue weighted by Crippen LogP contribution is 2.07. The Balaban J connectivity index is 3.44. The number of nitrogens with two attached hydrogens (primary N) is 1. The second-order valence-electron chi connectivity index (χ2n) is 4.08. The van der Waals surface area contributed by atoms with Crippen molar-refractivity contribution in [3.8, 4) is 0 Å². The van der Waals surface area contributed by atoms with Gasteiger partial charge in [0.05, 0.1) is 0 Å². The Morgan fingerprint density at radius 1 is 1.12 bits per heavy atom. The van der Waals surface area contributed by atoms with E-state index < -0.39 is 0 Å². The van der Waals surface area contributed by atoms with Crippen LogP contribution >= 0.6 is 0 Å². The van der Waals surface area contributed by atoms with Crippen molar-refractivity contribution in [2.45, 2.75) is 52.4 Å². The van der Waals surface area contributed by atoms with Crippen molar-refractivity contribution in [1.29, 1.82) is 0 Å². The largest absolute Gasteiger partial charge is 0.370 e. The number of nitrogens with one attached hydrogen (secondary N) is 1. The molecular weight excluding hydrogens is 204 g/mol. The third kappa shape index (κ3) is 7.26. The maximum absolute atomic E-state index is 11.6. The highest BCUT2D eigenvalue weighted by Gasteiger charge is 2.12. The zero-order valence-electron chi connectivity index (χ0n) is 10.4. The van der Waals surface area contributed by atoms with Crippen LogP contribution in [0.15, 0.2) is 0 Å². The zero-order chi connectivity index (χ0) is 12.4. The number of carbonyl (C=O) groups excluding carboxylic acids is 2. The molecule has 0 heterocycles. The number of carbonyl (C=O) groups is 2. The van der Waals surface area contributed by atoms with Crippen molar-refractivity contribution >= 4 is 11.8 Å². The first-order valence-electron chi connectivity index (χ1n) is 6.17. The molecule has 4 nitrogen and oxygen atoms in total. The molecule has 0 rings (SSSR count). The Morgan fingerprint density at radius 2 is 1.75 bits per heavy atom. The molecular formula is C12H24N2O2. The summed E-state index contributed by atoms with van der Waals surface area (Å²) in [6.45, 7) is 4.76. The van der Waals surface area contributed by atoms with E-state index in [0.29, 0.717) is 13.0 Å². The third-order valence-electron chi connectivity index (χ3n) is 2.76. The van der Waals surface area contributed by atoms with Gasteiger partial charge >= 0.3 is 0 Å². The van der Waals surface area contributed by atoms with Gasteiger partial charge in [-0.15, -0.1) is 0 Å². The van der Waals surface area contributed by atoms with E-state index in [9.17, 15) is 9.59 Å². The van der Waals surface area contributed by atoms with E-state index >= 15 is 0 Å². The van der Waals surface area contributed by atoms with E-state index in [2.05, 4.69) is 5.32 Å². The van der Waals surface area contributed by atoms with Crippen LogP contribution in [0, 0.1) is 5.92 Å². The minimum atomic E-state index is -0.249. The summed E-state index contributed by atoms with van der Waals surface area (Å²) < 4.78 is 0. The van der Waals surface area contributed by atoms with E-state index in [1.165, 1.54) is 0 Å². The molecule has 0 fully saturated rings. The third-order valence-corrected chi connectivity index (χ3v) is 2.76. The summed E-state index contributed by atoms with van der Waals surface area (Å²) >= 11 is 0. The van der Waals surface area contributed by atoms with Crippen molar-refractivity contribution in [2.75, 3.05) is 6.54 Å². The highest BCUT2D eigenvalue weighted by molar-refractivity contribution is 5.78. The first-order valence-corrected chi connectivity index (χ1v) is 6.17. The van der Waals surface area contributed by atoms with E-state index in [1.807, 2.05) is 13.8 Å². The molecule has 0 atom stereocenters. The second kappa shape index (κ2) is 9.19. The number of rotatable bonds is 9. The van der Waals surface area contributed by atoms with Gasteiger partial charge in [-0.25, -0.2) is 0 Å². The predicted octanol–water partition coefficient (Wildman–Crippen LogP) is 1.58. The predicted molar refractivity (Wildman–Crippen MR) is 64.7 cm³/mol. The van der Waals surface area contributed by atoms with Crippen molar-refractivity contribution in [1.82, 2.24) is 5.32 Å². The average Bonchev–Trinajstić information content (AvgIpc) is 2.24. The molecule has 0 aliphatic carbocycles. The molecule has 94 valence electrons. The first kappa shape index (κ1) is 14.9. The summed E-state index contributed by atoms with van der Waals surface area (Å²) in [4.78, 5) is 22.0. The molecule has 0 saturated carbocycles. The van der Waals surface area contributed by atoms with Crippen LogP contribution in [0.1, 0.15) is 52.4 Å². The monoisotopic (exact) mass is 228 g/mol. The summed E-state index contributed by atoms with van der Waals surface area (Å²) in [5.41, 5.74) is 5.02. The van der Waals surface area contributed by atoms with Crippen LogP contribution in [-0.4, -0.2) is 18.4 Å². The number of unbranched alkanes of at least 4 members (excludes halogenated alkanes) is 2. The van der Waals surface area contributed by atoms with Gasteiger partial charge in [-0.1, -0.05) is 20.3 Å². The number of amides is 2. The Kier molecular flexibility index (Phi) is 8.58. The summed E-state index contributed by atoms with van der Waals surface area (Å²) in [5.74, 6) is 0.0478. The van der Waals surface area contributed by atoms with Crippen molar-refractivity contribution in [3.63, 3.8) is 0 Å². The highest BCUT2D eigenvalue weighted by atomic mass is 16.2. The minimum absolute atomic E-state index is 0.144. The number of hydrogen-bond donors (Lipinski definition) is 2. The van der Waals surface area contributed by atoms with Crippen LogP contribution in [0.5, 0.6) is 0 Å². The van der Waals surface area contributed by atoms with Gasteiger partial charge in [0.2, 0.25) is 11.8 Å². The molecule has 0 bridgehead atoms. The van der Waals surface area contributed by atoms with Gasteiger partial charge in [-0.3, -0.25) is 9.59 Å². The fraction of sp³-hybridized carbons (Fsp3) is 0.833. The van der Waals surface area contributed by atoms with Gasteiger partial charge in [-0.2, -0.15) is 0 Å². The van der Waals surface area contributed by atoms with Gasteiger partial charge < -0.3 is 11.1 Å². The maximum Gasteiger partial charge on any atom is 0.223 e. The molecule has 2 amide bonds. The fourth-order valence-electron chi connectivity index (χ4n) is 1.62. The quantitative estimate of drug-likeness (QED) is 0.588. The summed E-state index contributed by atoms with van der Waals surface area (Å²) in [5, 5.41) is 2.92. The lowest BCUT2D eigenvalue weighted by Gasteiger charge is -2.12. The first-order chi connectivity index (χ1) is 7.61. The Hall–Kier alpha value is -1.06. The zero-order valence-corrected chi connectivity index (χ0v) is 10.4. The van der Waals surface area contributed by atoms with Gasteiger partial charge in [0.25, 0.3) is 0 Å². The molecule has 0 aromatic rings. The normalized spacial score (nSPS) is 10.4. The van der Waals surface area contributed by atoms with E-state index in [4.69, 9.17) is 5.73 Å². The number of hydrogen-bond acceptors (Lipinski definition) is 2. The Labute approximate surface area is 98.0 Å². The molecule has 0 aromatic heterocycles. The van der Waals surface area contributed by atoms with Crippen LogP contribution in [0.25, 0.3) is 0 Å². The van der Waals surface area contributed by atoms with E-state index in [-0.39, 0.29) is 17.7 Å². The lowest BCUT2D eigenvalue weighted by Crippen LogP contribution is -2.30. The SMILES string of the molecule is CCC(CC)C(=O)NCCCCCC(N)=O. The molecule has 0 aromatic carbocycles. The van der Waals surface area contributed by atoms with Gasteiger partial charge in [0.15, 0.2) is 0 Å².